The molecule has 1 aliphatic heterocycles. The molecule has 0 spiro atoms. The van der Waals surface area contributed by atoms with Crippen molar-refractivity contribution in [2.75, 3.05) is 33.7 Å². The van der Waals surface area contributed by atoms with Crippen LogP contribution in [0.2, 0.25) is 0 Å². The highest BCUT2D eigenvalue weighted by Gasteiger charge is 2.27. The first-order valence-corrected chi connectivity index (χ1v) is 8.26. The van der Waals surface area contributed by atoms with Crippen molar-refractivity contribution in [3.05, 3.63) is 30.6 Å². The molecular weight excluding hydrogens is 304 g/mol. The molecule has 0 bridgehead atoms. The lowest BCUT2D eigenvalue weighted by molar-refractivity contribution is -0.132. The van der Waals surface area contributed by atoms with Crippen LogP contribution >= 0.6 is 0 Å². The molecule has 24 heavy (non-hydrogen) atoms. The highest BCUT2D eigenvalue weighted by atomic mass is 16.2. The van der Waals surface area contributed by atoms with Crippen LogP contribution in [0, 0.1) is 0 Å². The number of rotatable bonds is 4. The van der Waals surface area contributed by atoms with Gasteiger partial charge in [0.25, 0.3) is 0 Å². The van der Waals surface area contributed by atoms with E-state index in [1.54, 1.807) is 18.7 Å². The van der Waals surface area contributed by atoms with E-state index < -0.39 is 0 Å². The third-order valence-corrected chi connectivity index (χ3v) is 4.47. The number of aryl methyl sites for hydroxylation is 1. The second-order valence-corrected chi connectivity index (χ2v) is 6.57. The molecule has 3 heterocycles. The molecule has 1 saturated heterocycles. The lowest BCUT2D eigenvalue weighted by Crippen LogP contribution is -2.42. The maximum atomic E-state index is 12.2. The Morgan fingerprint density at radius 1 is 1.25 bits per heavy atom. The highest BCUT2D eigenvalue weighted by Crippen LogP contribution is 2.32. The second-order valence-electron chi connectivity index (χ2n) is 6.57. The zero-order valence-electron chi connectivity index (χ0n) is 14.5. The first-order chi connectivity index (χ1) is 11.6. The third kappa shape index (κ3) is 3.46. The molecule has 1 amide bonds. The van der Waals surface area contributed by atoms with Gasteiger partial charge in [0.1, 0.15) is 5.69 Å². The van der Waals surface area contributed by atoms with Gasteiger partial charge in [-0.1, -0.05) is 0 Å². The van der Waals surface area contributed by atoms with Crippen molar-refractivity contribution in [3.8, 4) is 11.4 Å². The number of hydrogen-bond donors (Lipinski definition) is 0. The Morgan fingerprint density at radius 3 is 2.58 bits per heavy atom. The quantitative estimate of drug-likeness (QED) is 0.842. The number of piperidine rings is 1. The molecular formula is C17H24N6O. The number of carbonyl (C=O) groups is 1. The van der Waals surface area contributed by atoms with Crippen molar-refractivity contribution in [1.29, 1.82) is 0 Å². The van der Waals surface area contributed by atoms with Gasteiger partial charge in [0.15, 0.2) is 0 Å². The standard InChI is InChI=1S/C17H24N6O/c1-21(2)11-15(24)23-8-4-13(5-9-23)16-17(20-7-6-19-16)14-10-18-12-22(14)3/h6-7,10,12-13H,4-5,8-9,11H2,1-3H3. The summed E-state index contributed by atoms with van der Waals surface area (Å²) in [6, 6.07) is 0. The zero-order chi connectivity index (χ0) is 17.1. The third-order valence-electron chi connectivity index (χ3n) is 4.47. The first kappa shape index (κ1) is 16.6. The zero-order valence-corrected chi connectivity index (χ0v) is 14.5. The van der Waals surface area contributed by atoms with E-state index in [1.165, 1.54) is 0 Å². The van der Waals surface area contributed by atoms with Gasteiger partial charge in [-0.05, 0) is 26.9 Å². The van der Waals surface area contributed by atoms with Crippen LogP contribution in [-0.2, 0) is 11.8 Å². The molecule has 0 saturated carbocycles. The number of nitrogens with zero attached hydrogens (tertiary/aromatic N) is 6. The molecule has 1 aliphatic rings. The minimum Gasteiger partial charge on any atom is -0.342 e. The largest absolute Gasteiger partial charge is 0.342 e. The van der Waals surface area contributed by atoms with Crippen LogP contribution in [0.5, 0.6) is 0 Å². The molecule has 0 aromatic carbocycles. The van der Waals surface area contributed by atoms with Crippen LogP contribution in [0.25, 0.3) is 11.4 Å². The summed E-state index contributed by atoms with van der Waals surface area (Å²) in [5.74, 6) is 0.525. The Kier molecular flexibility index (Phi) is 4.89. The Morgan fingerprint density at radius 2 is 1.96 bits per heavy atom. The molecule has 2 aromatic heterocycles. The van der Waals surface area contributed by atoms with Gasteiger partial charge < -0.3 is 14.4 Å². The molecule has 0 radical (unpaired) electrons. The van der Waals surface area contributed by atoms with Crippen molar-refractivity contribution in [2.24, 2.45) is 7.05 Å². The fourth-order valence-corrected chi connectivity index (χ4v) is 3.20. The summed E-state index contributed by atoms with van der Waals surface area (Å²) in [7, 11) is 5.80. The molecule has 7 heteroatoms. The predicted octanol–water partition coefficient (Wildman–Crippen LogP) is 1.14. The first-order valence-electron chi connectivity index (χ1n) is 8.26. The Bertz CT molecular complexity index is 703. The summed E-state index contributed by atoms with van der Waals surface area (Å²) in [6.07, 6.45) is 8.91. The molecule has 3 rings (SSSR count). The van der Waals surface area contributed by atoms with Crippen molar-refractivity contribution in [3.63, 3.8) is 0 Å². The van der Waals surface area contributed by atoms with E-state index in [9.17, 15) is 4.79 Å². The average Bonchev–Trinajstić information content (AvgIpc) is 3.00. The van der Waals surface area contributed by atoms with Crippen LogP contribution in [0.3, 0.4) is 0 Å². The number of carbonyl (C=O) groups excluding carboxylic acids is 1. The van der Waals surface area contributed by atoms with Gasteiger partial charge in [-0.15, -0.1) is 0 Å². The van der Waals surface area contributed by atoms with Crippen LogP contribution in [0.1, 0.15) is 24.5 Å². The van der Waals surface area contributed by atoms with Crippen LogP contribution in [-0.4, -0.2) is 69.0 Å². The summed E-state index contributed by atoms with van der Waals surface area (Å²) < 4.78 is 1.96. The molecule has 0 N–H and O–H groups in total. The molecule has 0 unspecified atom stereocenters. The lowest BCUT2D eigenvalue weighted by Gasteiger charge is -2.32. The van der Waals surface area contributed by atoms with Crippen molar-refractivity contribution < 1.29 is 4.79 Å². The number of amides is 1. The van der Waals surface area contributed by atoms with Gasteiger partial charge in [0, 0.05) is 38.4 Å². The fourth-order valence-electron chi connectivity index (χ4n) is 3.20. The maximum Gasteiger partial charge on any atom is 0.236 e. The minimum atomic E-state index is 0.199. The van der Waals surface area contributed by atoms with Crippen molar-refractivity contribution in [1.82, 2.24) is 29.3 Å². The maximum absolute atomic E-state index is 12.2. The smallest absolute Gasteiger partial charge is 0.236 e. The van der Waals surface area contributed by atoms with Gasteiger partial charge in [0.2, 0.25) is 5.91 Å². The van der Waals surface area contributed by atoms with E-state index in [1.807, 2.05) is 41.7 Å². The number of aromatic nitrogens is 4. The van der Waals surface area contributed by atoms with Crippen LogP contribution in [0.15, 0.2) is 24.9 Å². The van der Waals surface area contributed by atoms with Gasteiger partial charge in [0.05, 0.1) is 30.5 Å². The molecule has 0 atom stereocenters. The summed E-state index contributed by atoms with van der Waals surface area (Å²) in [5, 5.41) is 0. The Balaban J connectivity index is 1.74. The number of likely N-dealkylation sites (tertiary alicyclic amines) is 1. The van der Waals surface area contributed by atoms with Gasteiger partial charge in [-0.3, -0.25) is 14.8 Å². The molecule has 128 valence electrons. The van der Waals surface area contributed by atoms with Crippen LogP contribution < -0.4 is 0 Å². The lowest BCUT2D eigenvalue weighted by atomic mass is 9.91. The average molecular weight is 328 g/mol. The van der Waals surface area contributed by atoms with Gasteiger partial charge in [-0.25, -0.2) is 4.98 Å². The number of imidazole rings is 1. The van der Waals surface area contributed by atoms with E-state index in [0.29, 0.717) is 12.5 Å². The minimum absolute atomic E-state index is 0.199. The molecule has 1 fully saturated rings. The summed E-state index contributed by atoms with van der Waals surface area (Å²) in [5.41, 5.74) is 2.89. The molecule has 0 aliphatic carbocycles. The molecule has 7 nitrogen and oxygen atoms in total. The molecule has 2 aromatic rings. The van der Waals surface area contributed by atoms with Gasteiger partial charge in [-0.2, -0.15) is 0 Å². The van der Waals surface area contributed by atoms with Crippen LogP contribution in [0.4, 0.5) is 0 Å². The predicted molar refractivity (Wildman–Crippen MR) is 91.3 cm³/mol. The monoisotopic (exact) mass is 328 g/mol. The van der Waals surface area contributed by atoms with Gasteiger partial charge >= 0.3 is 0 Å². The fraction of sp³-hybridized carbons (Fsp3) is 0.529. The normalized spacial score (nSPS) is 15.9. The van der Waals surface area contributed by atoms with Crippen molar-refractivity contribution >= 4 is 5.91 Å². The summed E-state index contributed by atoms with van der Waals surface area (Å²) in [6.45, 7) is 2.02. The van der Waals surface area contributed by atoms with Crippen molar-refractivity contribution in [2.45, 2.75) is 18.8 Å². The topological polar surface area (TPSA) is 67.2 Å². The Hall–Kier alpha value is -2.28. The summed E-state index contributed by atoms with van der Waals surface area (Å²) in [4.78, 5) is 29.4. The number of likely N-dealkylation sites (N-methyl/N-ethyl adjacent to an activating group) is 1. The highest BCUT2D eigenvalue weighted by molar-refractivity contribution is 5.78. The van der Waals surface area contributed by atoms with E-state index in [4.69, 9.17) is 0 Å². The SMILES string of the molecule is CN(C)CC(=O)N1CCC(c2nccnc2-c2cncn2C)CC1. The van der Waals surface area contributed by atoms with E-state index in [0.717, 1.165) is 43.0 Å². The Labute approximate surface area is 142 Å². The van der Waals surface area contributed by atoms with E-state index in [2.05, 4.69) is 15.0 Å². The second kappa shape index (κ2) is 7.09. The summed E-state index contributed by atoms with van der Waals surface area (Å²) >= 11 is 0. The van der Waals surface area contributed by atoms with E-state index >= 15 is 0 Å². The number of hydrogen-bond acceptors (Lipinski definition) is 5. The van der Waals surface area contributed by atoms with E-state index in [-0.39, 0.29) is 5.91 Å².